The molecule has 0 aliphatic carbocycles. The van der Waals surface area contributed by atoms with E-state index < -0.39 is 12.2 Å². The molecule has 168 valence electrons. The molecular weight excluding hydrogens is 418 g/mol. The summed E-state index contributed by atoms with van der Waals surface area (Å²) in [4.78, 5) is 31.5. The third kappa shape index (κ3) is 3.32. The quantitative estimate of drug-likeness (QED) is 0.480. The van der Waals surface area contributed by atoms with Crippen molar-refractivity contribution < 1.29 is 9.59 Å². The molecule has 9 nitrogen and oxygen atoms in total. The first-order chi connectivity index (χ1) is 15.9. The third-order valence-electron chi connectivity index (χ3n) is 6.29. The number of hydrogen-bond donors (Lipinski definition) is 2. The summed E-state index contributed by atoms with van der Waals surface area (Å²) in [5.41, 5.74) is 7.12. The molecule has 33 heavy (non-hydrogen) atoms. The SMILES string of the molecule is Cc1cc(/C=N/NC2=NC3C(N2)C(=O)N(C)C(=O)N3C)c(C)n1-c1cccc2ccccc12. The number of likely N-dealkylation sites (N-methyl/N-ethyl adjacent to an activating group) is 2. The zero-order valence-corrected chi connectivity index (χ0v) is 18.9. The highest BCUT2D eigenvalue weighted by Gasteiger charge is 2.46. The number of hydrogen-bond acceptors (Lipinski definition) is 6. The Labute approximate surface area is 191 Å². The Hall–Kier alpha value is -4.14. The lowest BCUT2D eigenvalue weighted by atomic mass is 10.1. The van der Waals surface area contributed by atoms with Gasteiger partial charge in [0.2, 0.25) is 5.96 Å². The molecule has 2 atom stereocenters. The molecule has 1 saturated heterocycles. The van der Waals surface area contributed by atoms with E-state index in [4.69, 9.17) is 0 Å². The van der Waals surface area contributed by atoms with Gasteiger partial charge in [0.25, 0.3) is 5.91 Å². The number of guanidine groups is 1. The van der Waals surface area contributed by atoms with Crippen LogP contribution in [0.5, 0.6) is 0 Å². The van der Waals surface area contributed by atoms with Crippen LogP contribution in [0.25, 0.3) is 16.5 Å². The lowest BCUT2D eigenvalue weighted by Gasteiger charge is -2.36. The average Bonchev–Trinajstić information content (AvgIpc) is 3.37. The Balaban J connectivity index is 1.38. The topological polar surface area (TPSA) is 94.3 Å². The van der Waals surface area contributed by atoms with Crippen molar-refractivity contribution in [2.45, 2.75) is 26.1 Å². The molecular formula is C24H25N7O2. The molecule has 0 saturated carbocycles. The van der Waals surface area contributed by atoms with E-state index in [9.17, 15) is 9.59 Å². The fraction of sp³-hybridized carbons (Fsp3) is 0.250. The zero-order valence-electron chi connectivity index (χ0n) is 18.9. The fourth-order valence-electron chi connectivity index (χ4n) is 4.53. The van der Waals surface area contributed by atoms with E-state index >= 15 is 0 Å². The van der Waals surface area contributed by atoms with Crippen molar-refractivity contribution in [2.24, 2.45) is 10.1 Å². The number of urea groups is 1. The number of nitrogens with zero attached hydrogens (tertiary/aromatic N) is 5. The van der Waals surface area contributed by atoms with Gasteiger partial charge < -0.3 is 14.8 Å². The second-order valence-electron chi connectivity index (χ2n) is 8.33. The maximum atomic E-state index is 12.4. The van der Waals surface area contributed by atoms with E-state index in [0.29, 0.717) is 5.96 Å². The maximum absolute atomic E-state index is 12.4. The minimum absolute atomic E-state index is 0.314. The molecule has 2 aliphatic heterocycles. The van der Waals surface area contributed by atoms with Crippen LogP contribution in [-0.2, 0) is 4.79 Å². The number of fused-ring (bicyclic) bond motifs is 2. The highest BCUT2D eigenvalue weighted by atomic mass is 16.2. The first kappa shape index (κ1) is 20.7. The Morgan fingerprint density at radius 1 is 1.09 bits per heavy atom. The third-order valence-corrected chi connectivity index (χ3v) is 6.29. The van der Waals surface area contributed by atoms with Crippen LogP contribution in [-0.4, -0.2) is 64.8 Å². The number of imide groups is 1. The molecule has 2 N–H and O–H groups in total. The van der Waals surface area contributed by atoms with Crippen LogP contribution in [0.4, 0.5) is 4.79 Å². The zero-order chi connectivity index (χ0) is 23.3. The lowest BCUT2D eigenvalue weighted by molar-refractivity contribution is -0.133. The molecule has 5 rings (SSSR count). The van der Waals surface area contributed by atoms with Crippen LogP contribution in [0.3, 0.4) is 0 Å². The summed E-state index contributed by atoms with van der Waals surface area (Å²) in [6.07, 6.45) is 1.15. The van der Waals surface area contributed by atoms with Crippen molar-refractivity contribution in [3.05, 3.63) is 65.5 Å². The predicted molar refractivity (Wildman–Crippen MR) is 128 cm³/mol. The van der Waals surface area contributed by atoms with E-state index in [1.165, 1.54) is 22.7 Å². The van der Waals surface area contributed by atoms with Crippen LogP contribution in [0, 0.1) is 13.8 Å². The molecule has 1 fully saturated rings. The van der Waals surface area contributed by atoms with E-state index in [-0.39, 0.29) is 11.9 Å². The summed E-state index contributed by atoms with van der Waals surface area (Å²) < 4.78 is 2.22. The number of aliphatic imine (C=N–C) groups is 1. The lowest BCUT2D eigenvalue weighted by Crippen LogP contribution is -2.63. The Morgan fingerprint density at radius 2 is 1.85 bits per heavy atom. The molecule has 0 bridgehead atoms. The number of benzene rings is 2. The second-order valence-corrected chi connectivity index (χ2v) is 8.33. The Bertz CT molecular complexity index is 1330. The second kappa shape index (κ2) is 7.77. The standard InChI is InChI=1S/C24H25N7O2/c1-14-12-17(15(2)31(14)19-11-7-9-16-8-5-6-10-18(16)19)13-25-28-23-26-20-21(27-23)29(3)24(33)30(4)22(20)32/h5-13,20-21H,1-4H3,(H2,26,27,28)/b25-13+. The number of amides is 3. The molecule has 0 spiro atoms. The van der Waals surface area contributed by atoms with Crippen molar-refractivity contribution in [1.29, 1.82) is 0 Å². The average molecular weight is 444 g/mol. The van der Waals surface area contributed by atoms with Crippen LogP contribution < -0.4 is 10.7 Å². The van der Waals surface area contributed by atoms with Crippen molar-refractivity contribution in [2.75, 3.05) is 14.1 Å². The van der Waals surface area contributed by atoms with Gasteiger partial charge in [0.15, 0.2) is 6.17 Å². The normalized spacial score (nSPS) is 20.4. The monoisotopic (exact) mass is 443 g/mol. The van der Waals surface area contributed by atoms with Gasteiger partial charge in [0.1, 0.15) is 6.04 Å². The molecule has 2 aliphatic rings. The number of aryl methyl sites for hydroxylation is 1. The smallest absolute Gasteiger partial charge is 0.328 e. The largest absolute Gasteiger partial charge is 0.340 e. The molecule has 9 heteroatoms. The minimum Gasteiger partial charge on any atom is -0.340 e. The maximum Gasteiger partial charge on any atom is 0.328 e. The summed E-state index contributed by atoms with van der Waals surface area (Å²) in [7, 11) is 3.09. The summed E-state index contributed by atoms with van der Waals surface area (Å²) in [5, 5.41) is 9.73. The highest BCUT2D eigenvalue weighted by molar-refractivity contribution is 6.03. The number of hydrazone groups is 1. The molecule has 2 unspecified atom stereocenters. The van der Waals surface area contributed by atoms with Gasteiger partial charge in [-0.05, 0) is 31.4 Å². The summed E-state index contributed by atoms with van der Waals surface area (Å²) in [6, 6.07) is 15.7. The van der Waals surface area contributed by atoms with Gasteiger partial charge in [-0.1, -0.05) is 36.4 Å². The first-order valence-corrected chi connectivity index (χ1v) is 10.7. The number of nitrogens with one attached hydrogen (secondary N) is 2. The summed E-state index contributed by atoms with van der Waals surface area (Å²) >= 11 is 0. The first-order valence-electron chi connectivity index (χ1n) is 10.7. The van der Waals surface area contributed by atoms with Crippen molar-refractivity contribution in [3.63, 3.8) is 0 Å². The number of aromatic nitrogens is 1. The number of rotatable bonds is 3. The Kier molecular flexibility index (Phi) is 4.88. The van der Waals surface area contributed by atoms with E-state index in [1.54, 1.807) is 13.3 Å². The van der Waals surface area contributed by atoms with Gasteiger partial charge in [-0.2, -0.15) is 5.10 Å². The van der Waals surface area contributed by atoms with Crippen LogP contribution in [0.15, 0.2) is 58.6 Å². The summed E-state index contributed by atoms with van der Waals surface area (Å²) in [6.45, 7) is 4.13. The molecule has 0 radical (unpaired) electrons. The van der Waals surface area contributed by atoms with Gasteiger partial charge in [0.05, 0.1) is 11.9 Å². The van der Waals surface area contributed by atoms with E-state index in [1.807, 2.05) is 12.1 Å². The number of carbonyl (C=O) groups is 2. The minimum atomic E-state index is -0.619. The van der Waals surface area contributed by atoms with Gasteiger partial charge in [0, 0.05) is 36.4 Å². The molecule has 3 heterocycles. The van der Waals surface area contributed by atoms with Crippen LogP contribution in [0.2, 0.25) is 0 Å². The van der Waals surface area contributed by atoms with Gasteiger partial charge in [-0.25, -0.2) is 15.2 Å². The van der Waals surface area contributed by atoms with Crippen LogP contribution in [0.1, 0.15) is 17.0 Å². The van der Waals surface area contributed by atoms with E-state index in [2.05, 4.69) is 75.6 Å². The van der Waals surface area contributed by atoms with Crippen molar-refractivity contribution in [3.8, 4) is 5.69 Å². The highest BCUT2D eigenvalue weighted by Crippen LogP contribution is 2.27. The van der Waals surface area contributed by atoms with Crippen LogP contribution >= 0.6 is 0 Å². The van der Waals surface area contributed by atoms with Gasteiger partial charge >= 0.3 is 6.03 Å². The fourth-order valence-corrected chi connectivity index (χ4v) is 4.53. The number of carbonyl (C=O) groups excluding carboxylic acids is 2. The van der Waals surface area contributed by atoms with Crippen molar-refractivity contribution >= 4 is 34.9 Å². The van der Waals surface area contributed by atoms with Crippen molar-refractivity contribution in [1.82, 2.24) is 25.1 Å². The molecule has 2 aromatic carbocycles. The van der Waals surface area contributed by atoms with Gasteiger partial charge in [-0.3, -0.25) is 9.69 Å². The summed E-state index contributed by atoms with van der Waals surface area (Å²) in [5.74, 6) is 0.0404. The van der Waals surface area contributed by atoms with E-state index in [0.717, 1.165) is 27.5 Å². The molecule has 1 aromatic heterocycles. The predicted octanol–water partition coefficient (Wildman–Crippen LogP) is 2.35. The Morgan fingerprint density at radius 3 is 2.67 bits per heavy atom. The molecule has 3 aromatic rings. The van der Waals surface area contributed by atoms with Gasteiger partial charge in [-0.15, -0.1) is 0 Å². The molecule has 3 amide bonds.